The maximum absolute atomic E-state index is 12.0. The van der Waals surface area contributed by atoms with Gasteiger partial charge in [0, 0.05) is 8.04 Å². The summed E-state index contributed by atoms with van der Waals surface area (Å²) in [5.74, 6) is -0.530. The van der Waals surface area contributed by atoms with Crippen molar-refractivity contribution in [1.29, 1.82) is 0 Å². The second kappa shape index (κ2) is 8.77. The van der Waals surface area contributed by atoms with Crippen molar-refractivity contribution in [2.24, 2.45) is 5.10 Å². The fourth-order valence-electron chi connectivity index (χ4n) is 1.90. The first kappa shape index (κ1) is 19.9. The van der Waals surface area contributed by atoms with E-state index >= 15 is 0 Å². The number of hydrogen-bond acceptors (Lipinski definition) is 4. The number of nitrogens with zero attached hydrogens (tertiary/aromatic N) is 2. The zero-order valence-corrected chi connectivity index (χ0v) is 17.7. The molecule has 0 aliphatic rings. The van der Waals surface area contributed by atoms with E-state index in [4.69, 9.17) is 0 Å². The molecule has 6 nitrogen and oxygen atoms in total. The standard InChI is InChI=1S/C16H15BrIN3O3S/c1-25(23,24)21(15-8-6-14(18)7-9-15)11-16(22)20-19-10-12-2-4-13(17)5-3-12/h2-10H,11H2,1H3,(H,20,22)/b19-10-. The Labute approximate surface area is 168 Å². The van der Waals surface area contributed by atoms with Crippen LogP contribution in [0.2, 0.25) is 0 Å². The number of hydrazone groups is 1. The van der Waals surface area contributed by atoms with Crippen LogP contribution in [0.3, 0.4) is 0 Å². The number of anilines is 1. The summed E-state index contributed by atoms with van der Waals surface area (Å²) in [5.41, 5.74) is 3.57. The van der Waals surface area contributed by atoms with Crippen LogP contribution in [-0.4, -0.2) is 33.3 Å². The maximum Gasteiger partial charge on any atom is 0.260 e. The lowest BCUT2D eigenvalue weighted by Crippen LogP contribution is -2.39. The van der Waals surface area contributed by atoms with E-state index in [9.17, 15) is 13.2 Å². The minimum Gasteiger partial charge on any atom is -0.271 e. The van der Waals surface area contributed by atoms with E-state index in [2.05, 4.69) is 49.0 Å². The fraction of sp³-hybridized carbons (Fsp3) is 0.125. The molecule has 2 aromatic rings. The van der Waals surface area contributed by atoms with Crippen molar-refractivity contribution < 1.29 is 13.2 Å². The van der Waals surface area contributed by atoms with Gasteiger partial charge in [0.05, 0.1) is 18.2 Å². The maximum atomic E-state index is 12.0. The van der Waals surface area contributed by atoms with Gasteiger partial charge in [-0.1, -0.05) is 28.1 Å². The molecule has 25 heavy (non-hydrogen) atoms. The Morgan fingerprint density at radius 2 is 1.80 bits per heavy atom. The van der Waals surface area contributed by atoms with Gasteiger partial charge < -0.3 is 0 Å². The Kier molecular flexibility index (Phi) is 6.96. The van der Waals surface area contributed by atoms with Gasteiger partial charge in [0.15, 0.2) is 0 Å². The molecule has 0 bridgehead atoms. The monoisotopic (exact) mass is 535 g/mol. The molecular weight excluding hydrogens is 521 g/mol. The van der Waals surface area contributed by atoms with Crippen LogP contribution < -0.4 is 9.73 Å². The second-order valence-electron chi connectivity index (χ2n) is 5.09. The first-order chi connectivity index (χ1) is 11.8. The summed E-state index contributed by atoms with van der Waals surface area (Å²) in [5, 5.41) is 3.85. The largest absolute Gasteiger partial charge is 0.271 e. The summed E-state index contributed by atoms with van der Waals surface area (Å²) in [6.07, 6.45) is 2.54. The molecule has 0 saturated carbocycles. The van der Waals surface area contributed by atoms with Gasteiger partial charge in [0.25, 0.3) is 5.91 Å². The second-order valence-corrected chi connectivity index (χ2v) is 9.16. The Morgan fingerprint density at radius 3 is 2.36 bits per heavy atom. The summed E-state index contributed by atoms with van der Waals surface area (Å²) in [7, 11) is -3.59. The van der Waals surface area contributed by atoms with E-state index in [0.29, 0.717) is 5.69 Å². The number of halogens is 2. The molecule has 0 radical (unpaired) electrons. The molecule has 0 heterocycles. The molecule has 2 rings (SSSR count). The lowest BCUT2D eigenvalue weighted by molar-refractivity contribution is -0.119. The van der Waals surface area contributed by atoms with Crippen molar-refractivity contribution in [3.8, 4) is 0 Å². The minimum absolute atomic E-state index is 0.350. The molecule has 0 fully saturated rings. The quantitative estimate of drug-likeness (QED) is 0.351. The molecule has 0 aliphatic carbocycles. The number of carbonyl (C=O) groups excluding carboxylic acids is 1. The van der Waals surface area contributed by atoms with E-state index < -0.39 is 15.9 Å². The molecule has 0 aromatic heterocycles. The first-order valence-corrected chi connectivity index (χ1v) is 10.8. The smallest absolute Gasteiger partial charge is 0.260 e. The average Bonchev–Trinajstić information content (AvgIpc) is 2.54. The van der Waals surface area contributed by atoms with Crippen LogP contribution in [0.25, 0.3) is 0 Å². The predicted molar refractivity (Wildman–Crippen MR) is 111 cm³/mol. The third-order valence-electron chi connectivity index (χ3n) is 3.08. The van der Waals surface area contributed by atoms with Crippen molar-refractivity contribution in [3.05, 3.63) is 62.1 Å². The van der Waals surface area contributed by atoms with Crippen LogP contribution in [-0.2, 0) is 14.8 Å². The highest BCUT2D eigenvalue weighted by Crippen LogP contribution is 2.18. The predicted octanol–water partition coefficient (Wildman–Crippen LogP) is 2.97. The van der Waals surface area contributed by atoms with Crippen LogP contribution in [0.15, 0.2) is 58.1 Å². The van der Waals surface area contributed by atoms with Crippen LogP contribution in [0.5, 0.6) is 0 Å². The van der Waals surface area contributed by atoms with Gasteiger partial charge in [0.1, 0.15) is 6.54 Å². The summed E-state index contributed by atoms with van der Waals surface area (Å²) in [6, 6.07) is 14.2. The molecule has 0 atom stereocenters. The lowest BCUT2D eigenvalue weighted by atomic mass is 10.2. The van der Waals surface area contributed by atoms with E-state index in [0.717, 1.165) is 24.2 Å². The fourth-order valence-corrected chi connectivity index (χ4v) is 3.38. The van der Waals surface area contributed by atoms with E-state index in [-0.39, 0.29) is 6.54 Å². The van der Waals surface area contributed by atoms with E-state index in [1.165, 1.54) is 6.21 Å². The zero-order valence-electron chi connectivity index (χ0n) is 13.2. The van der Waals surface area contributed by atoms with Crippen molar-refractivity contribution in [2.45, 2.75) is 0 Å². The van der Waals surface area contributed by atoms with Crippen LogP contribution in [0.1, 0.15) is 5.56 Å². The lowest BCUT2D eigenvalue weighted by Gasteiger charge is -2.21. The van der Waals surface area contributed by atoms with Gasteiger partial charge >= 0.3 is 0 Å². The molecule has 132 valence electrons. The van der Waals surface area contributed by atoms with Gasteiger partial charge in [-0.25, -0.2) is 13.8 Å². The molecule has 2 aromatic carbocycles. The highest BCUT2D eigenvalue weighted by atomic mass is 127. The number of nitrogens with one attached hydrogen (secondary N) is 1. The Morgan fingerprint density at radius 1 is 1.20 bits per heavy atom. The molecular formula is C16H15BrIN3O3S. The molecule has 0 aliphatic heterocycles. The third-order valence-corrected chi connectivity index (χ3v) is 5.46. The topological polar surface area (TPSA) is 78.8 Å². The average molecular weight is 536 g/mol. The molecule has 0 saturated heterocycles. The van der Waals surface area contributed by atoms with E-state index in [1.807, 2.05) is 24.3 Å². The van der Waals surface area contributed by atoms with Crippen LogP contribution in [0.4, 0.5) is 5.69 Å². The molecule has 1 amide bonds. The van der Waals surface area contributed by atoms with Gasteiger partial charge in [-0.2, -0.15) is 5.10 Å². The number of rotatable bonds is 6. The van der Waals surface area contributed by atoms with Gasteiger partial charge in [-0.15, -0.1) is 0 Å². The molecule has 9 heteroatoms. The van der Waals surface area contributed by atoms with Gasteiger partial charge in [0.2, 0.25) is 10.0 Å². The summed E-state index contributed by atoms with van der Waals surface area (Å²) >= 11 is 5.45. The van der Waals surface area contributed by atoms with Gasteiger partial charge in [-0.05, 0) is 64.6 Å². The summed E-state index contributed by atoms with van der Waals surface area (Å²) < 4.78 is 26.9. The molecule has 1 N–H and O–H groups in total. The molecule has 0 spiro atoms. The number of hydrogen-bond donors (Lipinski definition) is 1. The normalized spacial score (nSPS) is 11.5. The number of carbonyl (C=O) groups is 1. The van der Waals surface area contributed by atoms with Crippen molar-refractivity contribution >= 4 is 66.4 Å². The van der Waals surface area contributed by atoms with Gasteiger partial charge in [-0.3, -0.25) is 9.10 Å². The Bertz CT molecular complexity index is 869. The third kappa shape index (κ3) is 6.40. The first-order valence-electron chi connectivity index (χ1n) is 7.06. The van der Waals surface area contributed by atoms with Crippen LogP contribution in [0, 0.1) is 3.57 Å². The number of amides is 1. The number of sulfonamides is 1. The minimum atomic E-state index is -3.59. The zero-order chi connectivity index (χ0) is 18.4. The Balaban J connectivity index is 2.04. The van der Waals surface area contributed by atoms with Crippen LogP contribution >= 0.6 is 38.5 Å². The number of benzene rings is 2. The Hall–Kier alpha value is -1.46. The van der Waals surface area contributed by atoms with Crippen molar-refractivity contribution in [2.75, 3.05) is 17.1 Å². The highest BCUT2D eigenvalue weighted by Gasteiger charge is 2.20. The van der Waals surface area contributed by atoms with E-state index in [1.54, 1.807) is 24.3 Å². The molecule has 0 unspecified atom stereocenters. The van der Waals surface area contributed by atoms with Crippen molar-refractivity contribution in [3.63, 3.8) is 0 Å². The summed E-state index contributed by atoms with van der Waals surface area (Å²) in [6.45, 7) is -0.350. The van der Waals surface area contributed by atoms with Crippen molar-refractivity contribution in [1.82, 2.24) is 5.43 Å². The summed E-state index contributed by atoms with van der Waals surface area (Å²) in [4.78, 5) is 12.0. The SMILES string of the molecule is CS(=O)(=O)N(CC(=O)N/N=C\c1ccc(Br)cc1)c1ccc(I)cc1. The highest BCUT2D eigenvalue weighted by molar-refractivity contribution is 14.1.